The van der Waals surface area contributed by atoms with Gasteiger partial charge in [0.2, 0.25) is 11.8 Å². The van der Waals surface area contributed by atoms with Crippen molar-refractivity contribution in [2.45, 2.75) is 102 Å². The molecule has 8 heteroatoms. The highest BCUT2D eigenvalue weighted by molar-refractivity contribution is 5.99. The first-order chi connectivity index (χ1) is 20.4. The number of hydrogen-bond donors (Lipinski definition) is 4. The number of carbonyl (C=O) groups excluding carboxylic acids is 4. The summed E-state index contributed by atoms with van der Waals surface area (Å²) in [5.74, 6) is -0.702. The predicted molar refractivity (Wildman–Crippen MR) is 164 cm³/mol. The summed E-state index contributed by atoms with van der Waals surface area (Å²) in [7, 11) is 0. The number of anilines is 2. The molecule has 0 aliphatic heterocycles. The van der Waals surface area contributed by atoms with Crippen LogP contribution in [0.15, 0.2) is 48.5 Å². The number of benzene rings is 2. The SMILES string of the molecule is O=C(NC1CCCCC1)c1cccc(NC(=O)C2CCC(C(=O)Nc3cccc(C(=O)NC4CCCCC4)c3)CC2)c1. The monoisotopic (exact) mass is 572 g/mol. The van der Waals surface area contributed by atoms with Gasteiger partial charge in [0.1, 0.15) is 0 Å². The van der Waals surface area contributed by atoms with Crippen molar-refractivity contribution in [2.24, 2.45) is 11.8 Å². The molecule has 0 saturated heterocycles. The molecule has 0 heterocycles. The minimum Gasteiger partial charge on any atom is -0.349 e. The summed E-state index contributed by atoms with van der Waals surface area (Å²) in [5, 5.41) is 12.2. The average Bonchev–Trinajstić information content (AvgIpc) is 3.02. The third-order valence-electron chi connectivity index (χ3n) is 9.13. The second-order valence-corrected chi connectivity index (χ2v) is 12.3. The summed E-state index contributed by atoms with van der Waals surface area (Å²) >= 11 is 0. The van der Waals surface area contributed by atoms with Crippen molar-refractivity contribution in [1.82, 2.24) is 10.6 Å². The van der Waals surface area contributed by atoms with E-state index in [-0.39, 0.29) is 47.5 Å². The molecule has 3 aliphatic rings. The molecule has 2 aromatic carbocycles. The van der Waals surface area contributed by atoms with Gasteiger partial charge >= 0.3 is 0 Å². The van der Waals surface area contributed by atoms with Crippen LogP contribution in [0.3, 0.4) is 0 Å². The Hall–Kier alpha value is -3.68. The number of nitrogens with one attached hydrogen (secondary N) is 4. The molecule has 0 aromatic heterocycles. The summed E-state index contributed by atoms with van der Waals surface area (Å²) in [6.45, 7) is 0. The lowest BCUT2D eigenvalue weighted by Gasteiger charge is -2.27. The second kappa shape index (κ2) is 14.5. The Bertz CT molecular complexity index is 1160. The van der Waals surface area contributed by atoms with Crippen LogP contribution in [0.1, 0.15) is 111 Å². The summed E-state index contributed by atoms with van der Waals surface area (Å²) < 4.78 is 0. The molecule has 0 bridgehead atoms. The maximum Gasteiger partial charge on any atom is 0.251 e. The lowest BCUT2D eigenvalue weighted by atomic mass is 9.81. The Labute approximate surface area is 248 Å². The zero-order valence-corrected chi connectivity index (χ0v) is 24.5. The Morgan fingerprint density at radius 1 is 0.500 bits per heavy atom. The summed E-state index contributed by atoms with van der Waals surface area (Å²) in [6.07, 6.45) is 13.6. The van der Waals surface area contributed by atoms with E-state index in [4.69, 9.17) is 0 Å². The molecule has 0 radical (unpaired) electrons. The fourth-order valence-electron chi connectivity index (χ4n) is 6.61. The normalized spacial score (nSPS) is 21.6. The van der Waals surface area contributed by atoms with Gasteiger partial charge in [-0.3, -0.25) is 19.2 Å². The van der Waals surface area contributed by atoms with E-state index in [0.29, 0.717) is 48.2 Å². The van der Waals surface area contributed by atoms with E-state index < -0.39 is 0 Å². The lowest BCUT2D eigenvalue weighted by molar-refractivity contribution is -0.125. The minimum atomic E-state index is -0.180. The van der Waals surface area contributed by atoms with Gasteiger partial charge < -0.3 is 21.3 Å². The zero-order valence-electron chi connectivity index (χ0n) is 24.5. The fraction of sp³-hybridized carbons (Fsp3) is 0.529. The van der Waals surface area contributed by atoms with E-state index in [1.54, 1.807) is 48.5 Å². The Balaban J connectivity index is 1.08. The van der Waals surface area contributed by atoms with Crippen LogP contribution in [0.25, 0.3) is 0 Å². The van der Waals surface area contributed by atoms with Crippen molar-refractivity contribution in [3.05, 3.63) is 59.7 Å². The highest BCUT2D eigenvalue weighted by atomic mass is 16.2. The van der Waals surface area contributed by atoms with E-state index in [0.717, 1.165) is 51.4 Å². The van der Waals surface area contributed by atoms with Gasteiger partial charge in [-0.15, -0.1) is 0 Å². The summed E-state index contributed by atoms with van der Waals surface area (Å²) in [4.78, 5) is 51.5. The van der Waals surface area contributed by atoms with Crippen LogP contribution in [0.5, 0.6) is 0 Å². The van der Waals surface area contributed by atoms with Crippen LogP contribution in [-0.2, 0) is 9.59 Å². The molecule has 4 N–H and O–H groups in total. The number of rotatable bonds is 8. The first-order valence-electron chi connectivity index (χ1n) is 15.9. The van der Waals surface area contributed by atoms with Crippen LogP contribution >= 0.6 is 0 Å². The van der Waals surface area contributed by atoms with Crippen molar-refractivity contribution in [2.75, 3.05) is 10.6 Å². The highest BCUT2D eigenvalue weighted by Crippen LogP contribution is 2.31. The topological polar surface area (TPSA) is 116 Å². The average molecular weight is 573 g/mol. The van der Waals surface area contributed by atoms with Crippen molar-refractivity contribution >= 4 is 35.0 Å². The quantitative estimate of drug-likeness (QED) is 0.302. The molecule has 42 heavy (non-hydrogen) atoms. The fourth-order valence-corrected chi connectivity index (χ4v) is 6.61. The molecule has 0 spiro atoms. The third-order valence-corrected chi connectivity index (χ3v) is 9.13. The van der Waals surface area contributed by atoms with E-state index in [9.17, 15) is 19.2 Å². The Morgan fingerprint density at radius 3 is 1.26 bits per heavy atom. The summed E-state index contributed by atoms with van der Waals surface area (Å²) in [5.41, 5.74) is 2.33. The van der Waals surface area contributed by atoms with Crippen LogP contribution in [-0.4, -0.2) is 35.7 Å². The Morgan fingerprint density at radius 2 is 0.881 bits per heavy atom. The van der Waals surface area contributed by atoms with Crippen LogP contribution in [0.2, 0.25) is 0 Å². The largest absolute Gasteiger partial charge is 0.349 e. The molecule has 4 amide bonds. The molecule has 5 rings (SSSR count). The minimum absolute atomic E-state index is 0.0737. The summed E-state index contributed by atoms with van der Waals surface area (Å²) in [6, 6.07) is 14.7. The molecule has 3 saturated carbocycles. The lowest BCUT2D eigenvalue weighted by Crippen LogP contribution is -2.36. The molecule has 3 fully saturated rings. The van der Waals surface area contributed by atoms with Crippen molar-refractivity contribution in [1.29, 1.82) is 0 Å². The number of amides is 4. The molecule has 224 valence electrons. The van der Waals surface area contributed by atoms with Gasteiger partial charge in [0, 0.05) is 46.4 Å². The molecule has 2 aromatic rings. The first kappa shape index (κ1) is 29.8. The van der Waals surface area contributed by atoms with E-state index >= 15 is 0 Å². The van der Waals surface area contributed by atoms with Crippen molar-refractivity contribution in [3.63, 3.8) is 0 Å². The van der Waals surface area contributed by atoms with Gasteiger partial charge in [-0.1, -0.05) is 50.7 Å². The standard InChI is InChI=1S/C34H44N4O4/c39-31(37-29-15-7-9-25(21-29)33(41)35-27-11-3-1-4-12-27)23-17-19-24(20-18-23)32(40)38-30-16-8-10-26(22-30)34(42)36-28-13-5-2-6-14-28/h7-10,15-16,21-24,27-28H,1-6,11-14,17-20H2,(H,35,41)(H,36,42)(H,37,39)(H,38,40). The molecular weight excluding hydrogens is 528 g/mol. The molecule has 0 unspecified atom stereocenters. The molecule has 3 aliphatic carbocycles. The maximum atomic E-state index is 13.0. The van der Waals surface area contributed by atoms with Gasteiger partial charge in [0.15, 0.2) is 0 Å². The first-order valence-corrected chi connectivity index (χ1v) is 15.9. The van der Waals surface area contributed by atoms with E-state index in [1.165, 1.54) is 12.8 Å². The van der Waals surface area contributed by atoms with Crippen LogP contribution < -0.4 is 21.3 Å². The molecular formula is C34H44N4O4. The van der Waals surface area contributed by atoms with E-state index in [2.05, 4.69) is 21.3 Å². The van der Waals surface area contributed by atoms with Crippen molar-refractivity contribution < 1.29 is 19.2 Å². The Kier molecular flexibility index (Phi) is 10.3. The van der Waals surface area contributed by atoms with Gasteiger partial charge in [-0.05, 0) is 87.8 Å². The molecule has 8 nitrogen and oxygen atoms in total. The van der Waals surface area contributed by atoms with Gasteiger partial charge in [-0.2, -0.15) is 0 Å². The number of carbonyl (C=O) groups is 4. The smallest absolute Gasteiger partial charge is 0.251 e. The van der Waals surface area contributed by atoms with Gasteiger partial charge in [-0.25, -0.2) is 0 Å². The van der Waals surface area contributed by atoms with E-state index in [1.807, 2.05) is 0 Å². The van der Waals surface area contributed by atoms with Crippen molar-refractivity contribution in [3.8, 4) is 0 Å². The predicted octanol–water partition coefficient (Wildman–Crippen LogP) is 6.20. The highest BCUT2D eigenvalue weighted by Gasteiger charge is 2.30. The van der Waals surface area contributed by atoms with Gasteiger partial charge in [0.25, 0.3) is 11.8 Å². The second-order valence-electron chi connectivity index (χ2n) is 12.3. The van der Waals surface area contributed by atoms with Crippen LogP contribution in [0.4, 0.5) is 11.4 Å². The molecule has 0 atom stereocenters. The third kappa shape index (κ3) is 8.20. The number of hydrogen-bond acceptors (Lipinski definition) is 4. The maximum absolute atomic E-state index is 13.0. The van der Waals surface area contributed by atoms with Crippen LogP contribution in [0, 0.1) is 11.8 Å². The zero-order chi connectivity index (χ0) is 29.3. The van der Waals surface area contributed by atoms with Gasteiger partial charge in [0.05, 0.1) is 0 Å².